The van der Waals surface area contributed by atoms with Gasteiger partial charge in [-0.1, -0.05) is 37.3 Å². The lowest BCUT2D eigenvalue weighted by Gasteiger charge is -1.92. The van der Waals surface area contributed by atoms with Gasteiger partial charge in [-0.05, 0) is 18.1 Å². The van der Waals surface area contributed by atoms with Crippen LogP contribution in [-0.2, 0) is 0 Å². The van der Waals surface area contributed by atoms with E-state index in [1.54, 1.807) is 18.2 Å². The van der Waals surface area contributed by atoms with Crippen molar-refractivity contribution in [3.8, 4) is 0 Å². The highest BCUT2D eigenvalue weighted by Crippen LogP contribution is 2.06. The largest absolute Gasteiger partial charge is 0.245 e. The Balaban J connectivity index is 4.17. The molecule has 0 aromatic rings. The van der Waals surface area contributed by atoms with Gasteiger partial charge in [-0.25, -0.2) is 4.39 Å². The van der Waals surface area contributed by atoms with Crippen LogP contribution >= 0.6 is 11.6 Å². The highest BCUT2D eigenvalue weighted by atomic mass is 35.5. The van der Waals surface area contributed by atoms with Crippen LogP contribution in [0.5, 0.6) is 0 Å². The van der Waals surface area contributed by atoms with Crippen molar-refractivity contribution in [3.05, 3.63) is 35.4 Å². The van der Waals surface area contributed by atoms with E-state index in [0.29, 0.717) is 0 Å². The first-order valence-corrected chi connectivity index (χ1v) is 3.86. The minimum atomic E-state index is -0.605. The summed E-state index contributed by atoms with van der Waals surface area (Å²) in [6.45, 7) is 5.00. The van der Waals surface area contributed by atoms with Crippen molar-refractivity contribution in [2.45, 2.75) is 13.3 Å². The maximum Gasteiger partial charge on any atom is 0.125 e. The second-order valence-electron chi connectivity index (χ2n) is 2.05. The molecule has 0 aromatic heterocycles. The SMILES string of the molecule is C=C/C(=C\C=C(\Cl)CF)CC. The Bertz CT molecular complexity index is 180. The Hall–Kier alpha value is -0.560. The zero-order chi connectivity index (χ0) is 8.69. The molecule has 0 heterocycles. The fourth-order valence-electron chi connectivity index (χ4n) is 0.572. The summed E-state index contributed by atoms with van der Waals surface area (Å²) in [6, 6.07) is 0. The van der Waals surface area contributed by atoms with Crippen LogP contribution in [0.2, 0.25) is 0 Å². The Morgan fingerprint density at radius 1 is 1.55 bits per heavy atom. The number of alkyl halides is 1. The average molecular weight is 175 g/mol. The van der Waals surface area contributed by atoms with Gasteiger partial charge in [0.2, 0.25) is 0 Å². The van der Waals surface area contributed by atoms with E-state index in [9.17, 15) is 4.39 Å². The van der Waals surface area contributed by atoms with E-state index in [-0.39, 0.29) is 5.03 Å². The molecular weight excluding hydrogens is 163 g/mol. The van der Waals surface area contributed by atoms with Gasteiger partial charge < -0.3 is 0 Å². The van der Waals surface area contributed by atoms with Crippen molar-refractivity contribution < 1.29 is 4.39 Å². The van der Waals surface area contributed by atoms with Gasteiger partial charge in [-0.3, -0.25) is 0 Å². The zero-order valence-electron chi connectivity index (χ0n) is 6.61. The van der Waals surface area contributed by atoms with E-state index in [2.05, 4.69) is 6.58 Å². The third kappa shape index (κ3) is 4.79. The van der Waals surface area contributed by atoms with Crippen LogP contribution < -0.4 is 0 Å². The zero-order valence-corrected chi connectivity index (χ0v) is 7.37. The lowest BCUT2D eigenvalue weighted by atomic mass is 10.2. The molecule has 0 rings (SSSR count). The lowest BCUT2D eigenvalue weighted by molar-refractivity contribution is 0.556. The maximum atomic E-state index is 11.8. The van der Waals surface area contributed by atoms with E-state index >= 15 is 0 Å². The summed E-state index contributed by atoms with van der Waals surface area (Å²) in [5, 5.41) is 0.220. The summed E-state index contributed by atoms with van der Waals surface area (Å²) >= 11 is 5.43. The summed E-state index contributed by atoms with van der Waals surface area (Å²) in [7, 11) is 0. The van der Waals surface area contributed by atoms with Crippen molar-refractivity contribution in [1.82, 2.24) is 0 Å². The predicted octanol–water partition coefficient (Wildman–Crippen LogP) is 3.60. The molecule has 11 heavy (non-hydrogen) atoms. The number of allylic oxidation sites excluding steroid dienone is 5. The smallest absolute Gasteiger partial charge is 0.125 e. The van der Waals surface area contributed by atoms with Gasteiger partial charge in [0.25, 0.3) is 0 Å². The molecular formula is C9H12ClF. The second kappa shape index (κ2) is 6.17. The second-order valence-corrected chi connectivity index (χ2v) is 2.53. The molecule has 0 nitrogen and oxygen atoms in total. The Morgan fingerprint density at radius 3 is 2.55 bits per heavy atom. The lowest BCUT2D eigenvalue weighted by Crippen LogP contribution is -1.74. The van der Waals surface area contributed by atoms with Crippen molar-refractivity contribution >= 4 is 11.6 Å². The van der Waals surface area contributed by atoms with Crippen molar-refractivity contribution in [3.63, 3.8) is 0 Å². The van der Waals surface area contributed by atoms with Crippen LogP contribution in [0.1, 0.15) is 13.3 Å². The van der Waals surface area contributed by atoms with Crippen LogP contribution in [0.3, 0.4) is 0 Å². The summed E-state index contributed by atoms with van der Waals surface area (Å²) in [5.41, 5.74) is 1.05. The highest BCUT2D eigenvalue weighted by Gasteiger charge is 1.87. The quantitative estimate of drug-likeness (QED) is 0.572. The standard InChI is InChI=1S/C9H12ClF/c1-3-8(4-2)5-6-9(10)7-11/h3,5-6H,1,4,7H2,2H3/b8-5+,9-6+. The minimum absolute atomic E-state index is 0.220. The van der Waals surface area contributed by atoms with E-state index in [0.717, 1.165) is 12.0 Å². The van der Waals surface area contributed by atoms with Gasteiger partial charge in [0.15, 0.2) is 0 Å². The number of hydrogen-bond donors (Lipinski definition) is 0. The molecule has 62 valence electrons. The summed E-state index contributed by atoms with van der Waals surface area (Å²) in [6.07, 6.45) is 5.95. The van der Waals surface area contributed by atoms with Crippen LogP contribution in [0, 0.1) is 0 Å². The maximum absolute atomic E-state index is 11.8. The molecule has 0 N–H and O–H groups in total. The first-order chi connectivity index (χ1) is 5.24. The van der Waals surface area contributed by atoms with E-state index < -0.39 is 6.67 Å². The van der Waals surface area contributed by atoms with Crippen molar-refractivity contribution in [2.75, 3.05) is 6.67 Å². The molecule has 0 atom stereocenters. The van der Waals surface area contributed by atoms with Crippen LogP contribution in [0.25, 0.3) is 0 Å². The van der Waals surface area contributed by atoms with E-state index in [1.165, 1.54) is 0 Å². The van der Waals surface area contributed by atoms with Gasteiger partial charge in [-0.15, -0.1) is 0 Å². The molecule has 0 unspecified atom stereocenters. The molecule has 0 aliphatic rings. The van der Waals surface area contributed by atoms with E-state index in [4.69, 9.17) is 11.6 Å². The topological polar surface area (TPSA) is 0 Å². The molecule has 0 aliphatic heterocycles. The first kappa shape index (κ1) is 10.4. The molecule has 0 bridgehead atoms. The molecule has 2 heteroatoms. The summed E-state index contributed by atoms with van der Waals surface area (Å²) in [5.74, 6) is 0. The molecule has 0 saturated heterocycles. The third-order valence-corrected chi connectivity index (χ3v) is 1.50. The Kier molecular flexibility index (Phi) is 5.86. The number of halogens is 2. The fourth-order valence-corrected chi connectivity index (χ4v) is 0.635. The van der Waals surface area contributed by atoms with Crippen LogP contribution in [0.15, 0.2) is 35.4 Å². The molecule has 0 amide bonds. The normalized spacial score (nSPS) is 13.4. The molecule has 0 fully saturated rings. The summed E-state index contributed by atoms with van der Waals surface area (Å²) in [4.78, 5) is 0. The number of hydrogen-bond acceptors (Lipinski definition) is 0. The van der Waals surface area contributed by atoms with Gasteiger partial charge in [0.05, 0.1) is 0 Å². The van der Waals surface area contributed by atoms with Gasteiger partial charge in [0.1, 0.15) is 6.67 Å². The monoisotopic (exact) mass is 174 g/mol. The summed E-state index contributed by atoms with van der Waals surface area (Å²) < 4.78 is 11.8. The molecule has 0 radical (unpaired) electrons. The van der Waals surface area contributed by atoms with Crippen LogP contribution in [0.4, 0.5) is 4.39 Å². The molecule has 0 aromatic carbocycles. The van der Waals surface area contributed by atoms with Gasteiger partial charge in [-0.2, -0.15) is 0 Å². The first-order valence-electron chi connectivity index (χ1n) is 3.48. The fraction of sp³-hybridized carbons (Fsp3) is 0.333. The molecule has 0 saturated carbocycles. The third-order valence-electron chi connectivity index (χ3n) is 1.28. The predicted molar refractivity (Wildman–Crippen MR) is 48.5 cm³/mol. The molecule has 0 spiro atoms. The molecule has 0 aliphatic carbocycles. The van der Waals surface area contributed by atoms with Gasteiger partial charge in [0, 0.05) is 5.03 Å². The van der Waals surface area contributed by atoms with Crippen molar-refractivity contribution in [2.24, 2.45) is 0 Å². The van der Waals surface area contributed by atoms with Crippen LogP contribution in [-0.4, -0.2) is 6.67 Å². The minimum Gasteiger partial charge on any atom is -0.245 e. The van der Waals surface area contributed by atoms with E-state index in [1.807, 2.05) is 6.92 Å². The Morgan fingerprint density at radius 2 is 2.18 bits per heavy atom. The van der Waals surface area contributed by atoms with Crippen molar-refractivity contribution in [1.29, 1.82) is 0 Å². The number of rotatable bonds is 4. The highest BCUT2D eigenvalue weighted by molar-refractivity contribution is 6.29. The average Bonchev–Trinajstić information content (AvgIpc) is 2.06. The Labute approximate surface area is 72.1 Å². The van der Waals surface area contributed by atoms with Gasteiger partial charge >= 0.3 is 0 Å².